The maximum absolute atomic E-state index is 12.4. The number of fused-ring (bicyclic) bond motifs is 1. The normalized spacial score (nSPS) is 11.6. The zero-order chi connectivity index (χ0) is 19.6. The molecule has 1 N–H and O–H groups in total. The number of benzene rings is 2. The lowest BCUT2D eigenvalue weighted by Crippen LogP contribution is -2.22. The zero-order valence-corrected chi connectivity index (χ0v) is 16.3. The first-order chi connectivity index (χ1) is 13.5. The van der Waals surface area contributed by atoms with Gasteiger partial charge in [0.2, 0.25) is 0 Å². The van der Waals surface area contributed by atoms with Crippen LogP contribution in [-0.4, -0.2) is 19.3 Å². The van der Waals surface area contributed by atoms with Crippen molar-refractivity contribution in [1.29, 1.82) is 0 Å². The molecule has 142 valence electrons. The van der Waals surface area contributed by atoms with Gasteiger partial charge >= 0.3 is 0 Å². The first kappa shape index (κ1) is 18.4. The van der Waals surface area contributed by atoms with Gasteiger partial charge in [-0.25, -0.2) is 13.4 Å². The van der Waals surface area contributed by atoms with Crippen LogP contribution >= 0.6 is 11.3 Å². The van der Waals surface area contributed by atoms with Gasteiger partial charge in [0.1, 0.15) is 16.5 Å². The van der Waals surface area contributed by atoms with Crippen LogP contribution in [0.1, 0.15) is 21.3 Å². The van der Waals surface area contributed by atoms with Gasteiger partial charge in [0.05, 0.1) is 21.7 Å². The molecule has 6 nitrogen and oxygen atoms in total. The molecule has 0 saturated heterocycles. The number of hydrogen-bond acceptors (Lipinski definition) is 6. The number of nitrogens with zero attached hydrogens (tertiary/aromatic N) is 1. The molecule has 2 heterocycles. The minimum Gasteiger partial charge on any atom is -0.455 e. The summed E-state index contributed by atoms with van der Waals surface area (Å²) in [6, 6.07) is 18.9. The Bertz CT molecular complexity index is 1190. The van der Waals surface area contributed by atoms with Crippen molar-refractivity contribution in [2.24, 2.45) is 0 Å². The monoisotopic (exact) mass is 412 g/mol. The van der Waals surface area contributed by atoms with Gasteiger partial charge < -0.3 is 9.73 Å². The summed E-state index contributed by atoms with van der Waals surface area (Å²) in [5.41, 5.74) is 0.892. The van der Waals surface area contributed by atoms with E-state index in [0.29, 0.717) is 0 Å². The average molecular weight is 412 g/mol. The van der Waals surface area contributed by atoms with Crippen molar-refractivity contribution in [3.8, 4) is 0 Å². The molecule has 0 fully saturated rings. The van der Waals surface area contributed by atoms with Crippen LogP contribution in [-0.2, 0) is 22.1 Å². The minimum atomic E-state index is -3.53. The zero-order valence-electron chi connectivity index (χ0n) is 14.7. The highest BCUT2D eigenvalue weighted by atomic mass is 32.2. The Balaban J connectivity index is 1.41. The SMILES string of the molecule is O=C(NCc1nc2ccccc2s1)c1ccc(CS(=O)(=O)c2ccccc2)o1. The van der Waals surface area contributed by atoms with Gasteiger partial charge in [0, 0.05) is 0 Å². The number of rotatable bonds is 6. The lowest BCUT2D eigenvalue weighted by Gasteiger charge is -2.02. The van der Waals surface area contributed by atoms with Crippen molar-refractivity contribution in [3.63, 3.8) is 0 Å². The van der Waals surface area contributed by atoms with E-state index in [-0.39, 0.29) is 28.7 Å². The predicted octanol–water partition coefficient (Wildman–Crippen LogP) is 3.79. The molecule has 0 saturated carbocycles. The fourth-order valence-electron chi connectivity index (χ4n) is 2.71. The second kappa shape index (κ2) is 7.57. The van der Waals surface area contributed by atoms with Gasteiger partial charge in [-0.2, -0.15) is 0 Å². The Kier molecular flexibility index (Phi) is 4.97. The number of hydrogen-bond donors (Lipinski definition) is 1. The number of amides is 1. The van der Waals surface area contributed by atoms with Gasteiger partial charge in [-0.15, -0.1) is 11.3 Å². The van der Waals surface area contributed by atoms with E-state index in [2.05, 4.69) is 10.3 Å². The number of carbonyl (C=O) groups excluding carboxylic acids is 1. The second-order valence-electron chi connectivity index (χ2n) is 6.10. The summed E-state index contributed by atoms with van der Waals surface area (Å²) in [7, 11) is -3.53. The second-order valence-corrected chi connectivity index (χ2v) is 9.20. The van der Waals surface area contributed by atoms with Gasteiger partial charge in [-0.05, 0) is 36.4 Å². The van der Waals surface area contributed by atoms with Crippen molar-refractivity contribution in [1.82, 2.24) is 10.3 Å². The van der Waals surface area contributed by atoms with E-state index in [1.54, 1.807) is 18.2 Å². The number of para-hydroxylation sites is 1. The predicted molar refractivity (Wildman–Crippen MR) is 107 cm³/mol. The van der Waals surface area contributed by atoms with Crippen LogP contribution in [0.5, 0.6) is 0 Å². The third-order valence-electron chi connectivity index (χ3n) is 4.06. The van der Waals surface area contributed by atoms with Crippen LogP contribution in [0.25, 0.3) is 10.2 Å². The van der Waals surface area contributed by atoms with E-state index in [4.69, 9.17) is 4.42 Å². The third-order valence-corrected chi connectivity index (χ3v) is 6.75. The summed E-state index contributed by atoms with van der Waals surface area (Å²) in [5.74, 6) is -0.432. The Morgan fingerprint density at radius 1 is 1.00 bits per heavy atom. The Morgan fingerprint density at radius 2 is 1.75 bits per heavy atom. The van der Waals surface area contributed by atoms with Crippen LogP contribution in [0.4, 0.5) is 0 Å². The molecule has 0 aliphatic heterocycles. The minimum absolute atomic E-state index is 0.0689. The lowest BCUT2D eigenvalue weighted by molar-refractivity contribution is 0.0921. The average Bonchev–Trinajstić information content (AvgIpc) is 3.33. The van der Waals surface area contributed by atoms with Gasteiger partial charge in [0.15, 0.2) is 15.6 Å². The molecular formula is C20H16N2O4S2. The summed E-state index contributed by atoms with van der Waals surface area (Å²) >= 11 is 1.51. The number of carbonyl (C=O) groups is 1. The van der Waals surface area contributed by atoms with Crippen LogP contribution < -0.4 is 5.32 Å². The molecule has 0 aliphatic rings. The first-order valence-electron chi connectivity index (χ1n) is 8.50. The maximum atomic E-state index is 12.4. The molecule has 1 amide bonds. The Morgan fingerprint density at radius 3 is 2.54 bits per heavy atom. The van der Waals surface area contributed by atoms with Crippen molar-refractivity contribution in [3.05, 3.63) is 83.3 Å². The van der Waals surface area contributed by atoms with Gasteiger partial charge in [-0.1, -0.05) is 30.3 Å². The number of furan rings is 1. The molecule has 0 atom stereocenters. The number of aromatic nitrogens is 1. The van der Waals surface area contributed by atoms with E-state index in [9.17, 15) is 13.2 Å². The maximum Gasteiger partial charge on any atom is 0.287 e. The number of thiazole rings is 1. The highest BCUT2D eigenvalue weighted by molar-refractivity contribution is 7.90. The molecule has 4 aromatic rings. The Labute approximate surface area is 165 Å². The van der Waals surface area contributed by atoms with E-state index >= 15 is 0 Å². The van der Waals surface area contributed by atoms with E-state index in [1.807, 2.05) is 24.3 Å². The van der Waals surface area contributed by atoms with Crippen LogP contribution in [0, 0.1) is 0 Å². The molecule has 0 radical (unpaired) electrons. The summed E-state index contributed by atoms with van der Waals surface area (Å²) in [6.07, 6.45) is 0. The molecule has 8 heteroatoms. The molecule has 4 rings (SSSR count). The standard InChI is InChI=1S/C20H16N2O4S2/c23-20(21-12-19-22-16-8-4-5-9-18(16)27-19)17-11-10-14(26-17)13-28(24,25)15-6-2-1-3-7-15/h1-11H,12-13H2,(H,21,23). The molecule has 28 heavy (non-hydrogen) atoms. The highest BCUT2D eigenvalue weighted by Gasteiger charge is 2.19. The topological polar surface area (TPSA) is 89.3 Å². The largest absolute Gasteiger partial charge is 0.455 e. The molecule has 0 unspecified atom stereocenters. The number of nitrogens with one attached hydrogen (secondary N) is 1. The fourth-order valence-corrected chi connectivity index (χ4v) is 4.89. The van der Waals surface area contributed by atoms with E-state index < -0.39 is 15.7 Å². The molecule has 2 aromatic carbocycles. The van der Waals surface area contributed by atoms with Gasteiger partial charge in [0.25, 0.3) is 5.91 Å². The number of sulfone groups is 1. The summed E-state index contributed by atoms with van der Waals surface area (Å²) in [5, 5.41) is 3.54. The van der Waals surface area contributed by atoms with Gasteiger partial charge in [-0.3, -0.25) is 4.79 Å². The molecule has 0 spiro atoms. The lowest BCUT2D eigenvalue weighted by atomic mass is 10.3. The first-order valence-corrected chi connectivity index (χ1v) is 11.0. The third kappa shape index (κ3) is 3.97. The molecule has 0 aliphatic carbocycles. The van der Waals surface area contributed by atoms with Crippen molar-refractivity contribution < 1.29 is 17.6 Å². The summed E-state index contributed by atoms with van der Waals surface area (Å²) < 4.78 is 31.3. The smallest absolute Gasteiger partial charge is 0.287 e. The Hall–Kier alpha value is -2.97. The van der Waals surface area contributed by atoms with Crippen molar-refractivity contribution >= 4 is 37.3 Å². The van der Waals surface area contributed by atoms with E-state index in [0.717, 1.165) is 15.2 Å². The van der Waals surface area contributed by atoms with Crippen molar-refractivity contribution in [2.75, 3.05) is 0 Å². The quantitative estimate of drug-likeness (QED) is 0.520. The highest BCUT2D eigenvalue weighted by Crippen LogP contribution is 2.22. The van der Waals surface area contributed by atoms with Crippen LogP contribution in [0.2, 0.25) is 0 Å². The fraction of sp³-hybridized carbons (Fsp3) is 0.100. The van der Waals surface area contributed by atoms with E-state index in [1.165, 1.54) is 35.6 Å². The summed E-state index contributed by atoms with van der Waals surface area (Å²) in [6.45, 7) is 0.274. The molecule has 2 aromatic heterocycles. The van der Waals surface area contributed by atoms with Crippen LogP contribution in [0.15, 0.2) is 76.0 Å². The van der Waals surface area contributed by atoms with Crippen LogP contribution in [0.3, 0.4) is 0 Å². The van der Waals surface area contributed by atoms with Crippen molar-refractivity contribution in [2.45, 2.75) is 17.2 Å². The molecular weight excluding hydrogens is 396 g/mol. The summed E-state index contributed by atoms with van der Waals surface area (Å²) in [4.78, 5) is 17.0. The molecule has 0 bridgehead atoms.